The number of hydrogen-bond donors (Lipinski definition) is 0. The standard InChI is InChI=1S/C8H6O.C4H4S.C2H2N2O/c1-2-4-8-7(3-1)5-6-9-8;1-2-4-5-3-1;1-2-5-4-3-1/h1-6H;1-4H;1-2H. The van der Waals surface area contributed by atoms with Crippen LogP contribution in [0.4, 0.5) is 0 Å². The molecule has 4 nitrogen and oxygen atoms in total. The van der Waals surface area contributed by atoms with Crippen LogP contribution in [-0.4, -0.2) is 10.4 Å². The van der Waals surface area contributed by atoms with Crippen LogP contribution in [0.1, 0.15) is 0 Å². The molecular weight excluding hydrogens is 260 g/mol. The number of fused-ring (bicyclic) bond motifs is 1. The summed E-state index contributed by atoms with van der Waals surface area (Å²) in [6, 6.07) is 13.9. The highest BCUT2D eigenvalue weighted by Crippen LogP contribution is 2.12. The van der Waals surface area contributed by atoms with Gasteiger partial charge in [0.25, 0.3) is 0 Å². The number of rotatable bonds is 0. The van der Waals surface area contributed by atoms with Crippen molar-refractivity contribution in [3.8, 4) is 0 Å². The van der Waals surface area contributed by atoms with E-state index in [2.05, 4.69) is 14.9 Å². The Bertz CT molecular complexity index is 554. The van der Waals surface area contributed by atoms with Gasteiger partial charge in [-0.1, -0.05) is 30.3 Å². The minimum absolute atomic E-state index is 0.956. The van der Waals surface area contributed by atoms with Crippen molar-refractivity contribution in [2.75, 3.05) is 0 Å². The number of aromatic nitrogens is 2. The SMILES string of the molecule is c1ccc2occc2c1.c1ccsc1.c1conn1. The molecule has 1 aromatic carbocycles. The van der Waals surface area contributed by atoms with Crippen LogP contribution in [0.3, 0.4) is 0 Å². The molecule has 0 radical (unpaired) electrons. The highest BCUT2D eigenvalue weighted by atomic mass is 32.1. The Morgan fingerprint density at radius 1 is 0.895 bits per heavy atom. The number of thiophene rings is 1. The number of nitrogens with zero attached hydrogens (tertiary/aromatic N) is 2. The summed E-state index contributed by atoms with van der Waals surface area (Å²) in [6.07, 6.45) is 4.57. The van der Waals surface area contributed by atoms with Crippen molar-refractivity contribution in [2.45, 2.75) is 0 Å². The minimum Gasteiger partial charge on any atom is -0.464 e. The maximum atomic E-state index is 5.12. The summed E-state index contributed by atoms with van der Waals surface area (Å²) in [5.41, 5.74) is 0.956. The third-order valence-electron chi connectivity index (χ3n) is 2.07. The summed E-state index contributed by atoms with van der Waals surface area (Å²) in [4.78, 5) is 0. The summed E-state index contributed by atoms with van der Waals surface area (Å²) < 4.78 is 9.34. The highest BCUT2D eigenvalue weighted by Gasteiger charge is 1.89. The molecule has 0 atom stereocenters. The maximum Gasteiger partial charge on any atom is 0.144 e. The second-order valence-electron chi connectivity index (χ2n) is 3.34. The average molecular weight is 272 g/mol. The summed E-state index contributed by atoms with van der Waals surface area (Å²) in [5, 5.41) is 11.7. The van der Waals surface area contributed by atoms with Gasteiger partial charge in [-0.15, -0.1) is 5.10 Å². The quantitative estimate of drug-likeness (QED) is 0.480. The van der Waals surface area contributed by atoms with Crippen molar-refractivity contribution in [1.82, 2.24) is 10.4 Å². The van der Waals surface area contributed by atoms with Gasteiger partial charge in [0.2, 0.25) is 0 Å². The molecule has 0 saturated heterocycles. The van der Waals surface area contributed by atoms with Crippen LogP contribution < -0.4 is 0 Å². The molecular formula is C14H12N2O2S. The molecule has 0 N–H and O–H groups in total. The van der Waals surface area contributed by atoms with Gasteiger partial charge in [-0.25, -0.2) is 0 Å². The smallest absolute Gasteiger partial charge is 0.144 e. The molecule has 0 amide bonds. The molecule has 0 unspecified atom stereocenters. The van der Waals surface area contributed by atoms with E-state index >= 15 is 0 Å². The van der Waals surface area contributed by atoms with Crippen molar-refractivity contribution in [2.24, 2.45) is 0 Å². The molecule has 3 heterocycles. The molecule has 0 aliphatic heterocycles. The van der Waals surface area contributed by atoms with Crippen molar-refractivity contribution in [3.63, 3.8) is 0 Å². The number of furan rings is 1. The predicted molar refractivity (Wildman–Crippen MR) is 74.8 cm³/mol. The van der Waals surface area contributed by atoms with Crippen molar-refractivity contribution in [1.29, 1.82) is 0 Å². The Morgan fingerprint density at radius 3 is 2.26 bits per heavy atom. The second kappa shape index (κ2) is 7.84. The van der Waals surface area contributed by atoms with Gasteiger partial charge in [-0.2, -0.15) is 11.3 Å². The lowest BCUT2D eigenvalue weighted by Crippen LogP contribution is -1.57. The molecule has 19 heavy (non-hydrogen) atoms. The van der Waals surface area contributed by atoms with E-state index in [1.165, 1.54) is 12.5 Å². The molecule has 4 rings (SSSR count). The summed E-state index contributed by atoms with van der Waals surface area (Å²) >= 11 is 1.71. The van der Waals surface area contributed by atoms with Crippen molar-refractivity contribution >= 4 is 22.3 Å². The van der Waals surface area contributed by atoms with Crippen molar-refractivity contribution < 1.29 is 8.94 Å². The zero-order chi connectivity index (χ0) is 13.2. The number of benzene rings is 1. The average Bonchev–Trinajstić information content (AvgIpc) is 3.22. The summed E-state index contributed by atoms with van der Waals surface area (Å²) in [7, 11) is 0. The van der Waals surface area contributed by atoms with Gasteiger partial charge < -0.3 is 8.94 Å². The molecule has 0 bridgehead atoms. The zero-order valence-corrected chi connectivity index (χ0v) is 10.9. The first-order chi connectivity index (χ1) is 9.47. The first-order valence-electron chi connectivity index (χ1n) is 5.57. The molecule has 0 aliphatic carbocycles. The Labute approximate surface area is 114 Å². The fourth-order valence-electron chi connectivity index (χ4n) is 1.27. The fraction of sp³-hybridized carbons (Fsp3) is 0. The lowest BCUT2D eigenvalue weighted by atomic mass is 10.3. The van der Waals surface area contributed by atoms with E-state index < -0.39 is 0 Å². The molecule has 0 fully saturated rings. The van der Waals surface area contributed by atoms with Gasteiger partial charge in [0.05, 0.1) is 12.5 Å². The molecule has 5 heteroatoms. The Morgan fingerprint density at radius 2 is 1.74 bits per heavy atom. The van der Waals surface area contributed by atoms with Gasteiger partial charge in [-0.05, 0) is 22.9 Å². The van der Waals surface area contributed by atoms with Crippen LogP contribution in [0.25, 0.3) is 11.0 Å². The maximum absolute atomic E-state index is 5.12. The van der Waals surface area contributed by atoms with Gasteiger partial charge >= 0.3 is 0 Å². The van der Waals surface area contributed by atoms with Crippen LogP contribution in [0, 0.1) is 0 Å². The first-order valence-corrected chi connectivity index (χ1v) is 6.51. The van der Waals surface area contributed by atoms with E-state index in [9.17, 15) is 0 Å². The number of hydrogen-bond acceptors (Lipinski definition) is 5. The number of para-hydroxylation sites is 1. The zero-order valence-electron chi connectivity index (χ0n) is 10.0. The Hall–Kier alpha value is -2.40. The third kappa shape index (κ3) is 4.77. The largest absolute Gasteiger partial charge is 0.464 e. The van der Waals surface area contributed by atoms with Crippen LogP contribution in [0.2, 0.25) is 0 Å². The molecule has 0 spiro atoms. The summed E-state index contributed by atoms with van der Waals surface area (Å²) in [5.74, 6) is 0. The Kier molecular flexibility index (Phi) is 5.38. The molecule has 3 aromatic heterocycles. The van der Waals surface area contributed by atoms with E-state index in [1.807, 2.05) is 53.2 Å². The molecule has 0 aliphatic rings. The van der Waals surface area contributed by atoms with Crippen LogP contribution >= 0.6 is 11.3 Å². The van der Waals surface area contributed by atoms with Gasteiger partial charge in [0, 0.05) is 10.7 Å². The third-order valence-corrected chi connectivity index (χ3v) is 2.70. The highest BCUT2D eigenvalue weighted by molar-refractivity contribution is 7.07. The normalized spacial score (nSPS) is 9.05. The Balaban J connectivity index is 0.000000114. The predicted octanol–water partition coefficient (Wildman–Crippen LogP) is 4.25. The van der Waals surface area contributed by atoms with Gasteiger partial charge in [-0.3, -0.25) is 0 Å². The van der Waals surface area contributed by atoms with E-state index in [1.54, 1.807) is 17.6 Å². The summed E-state index contributed by atoms with van der Waals surface area (Å²) in [6.45, 7) is 0. The molecule has 0 saturated carbocycles. The van der Waals surface area contributed by atoms with E-state index in [4.69, 9.17) is 4.42 Å². The lowest BCUT2D eigenvalue weighted by Gasteiger charge is -1.81. The lowest BCUT2D eigenvalue weighted by molar-refractivity contribution is 0.393. The monoisotopic (exact) mass is 272 g/mol. The van der Waals surface area contributed by atoms with Gasteiger partial charge in [0.1, 0.15) is 11.8 Å². The van der Waals surface area contributed by atoms with Crippen LogP contribution in [-0.2, 0) is 0 Å². The van der Waals surface area contributed by atoms with E-state index in [0.717, 1.165) is 11.0 Å². The fourth-order valence-corrected chi connectivity index (χ4v) is 1.72. The van der Waals surface area contributed by atoms with Crippen LogP contribution in [0.5, 0.6) is 0 Å². The molecule has 4 aromatic rings. The van der Waals surface area contributed by atoms with Crippen molar-refractivity contribution in [3.05, 3.63) is 71.9 Å². The van der Waals surface area contributed by atoms with Gasteiger partial charge in [0.15, 0.2) is 0 Å². The van der Waals surface area contributed by atoms with E-state index in [0.29, 0.717) is 0 Å². The second-order valence-corrected chi connectivity index (χ2v) is 4.16. The van der Waals surface area contributed by atoms with Crippen LogP contribution in [0.15, 0.2) is 80.9 Å². The van der Waals surface area contributed by atoms with E-state index in [-0.39, 0.29) is 0 Å². The molecule has 96 valence electrons. The topological polar surface area (TPSA) is 52.1 Å². The first kappa shape index (κ1) is 13.0. The minimum atomic E-state index is 0.956.